The van der Waals surface area contributed by atoms with Crippen LogP contribution in [-0.2, 0) is 0 Å². The molecule has 0 saturated heterocycles. The molecule has 1 aliphatic heterocycles. The number of benzene rings is 2. The molecule has 0 fully saturated rings. The predicted octanol–water partition coefficient (Wildman–Crippen LogP) is 4.70. The molecular weight excluding hydrogens is 250 g/mol. The van der Waals surface area contributed by atoms with Gasteiger partial charge in [-0.3, -0.25) is 4.99 Å². The summed E-state index contributed by atoms with van der Waals surface area (Å²) in [5.41, 5.74) is 2.56. The van der Waals surface area contributed by atoms with Crippen molar-refractivity contribution < 1.29 is 0 Å². The lowest BCUT2D eigenvalue weighted by atomic mass is 10.0. The fraction of sp³-hybridized carbons (Fsp3) is 0.235. The third-order valence-corrected chi connectivity index (χ3v) is 4.51. The van der Waals surface area contributed by atoms with Gasteiger partial charge in [-0.1, -0.05) is 67.6 Å². The Morgan fingerprint density at radius 3 is 2.26 bits per heavy atom. The molecule has 3 rings (SSSR count). The Balaban J connectivity index is 1.95. The highest BCUT2D eigenvalue weighted by molar-refractivity contribution is 8.15. The second-order valence-electron chi connectivity index (χ2n) is 4.89. The molecule has 2 heteroatoms. The van der Waals surface area contributed by atoms with Crippen LogP contribution in [0, 0.1) is 0 Å². The molecule has 1 heterocycles. The van der Waals surface area contributed by atoms with Crippen LogP contribution in [0.4, 0.5) is 0 Å². The van der Waals surface area contributed by atoms with E-state index in [4.69, 9.17) is 4.99 Å². The molecule has 96 valence electrons. The molecule has 2 atom stereocenters. The Labute approximate surface area is 118 Å². The molecule has 2 aromatic rings. The second-order valence-corrected chi connectivity index (χ2v) is 6.32. The van der Waals surface area contributed by atoms with Gasteiger partial charge in [0.2, 0.25) is 0 Å². The third kappa shape index (κ3) is 2.90. The standard InChI is InChI=1S/C17H17NS/c1-13-12-16(14-8-4-2-5-9-14)18-17(19-13)15-10-6-3-7-11-15/h2-11,13,16H,12H2,1H3/t13-,16+/m0/s1. The number of rotatable bonds is 2. The van der Waals surface area contributed by atoms with Crippen LogP contribution in [0.1, 0.15) is 30.5 Å². The summed E-state index contributed by atoms with van der Waals surface area (Å²) in [6.07, 6.45) is 1.12. The van der Waals surface area contributed by atoms with E-state index >= 15 is 0 Å². The van der Waals surface area contributed by atoms with Crippen molar-refractivity contribution in [3.63, 3.8) is 0 Å². The molecule has 0 spiro atoms. The van der Waals surface area contributed by atoms with E-state index in [0.29, 0.717) is 11.3 Å². The van der Waals surface area contributed by atoms with Crippen molar-refractivity contribution in [2.45, 2.75) is 24.6 Å². The minimum Gasteiger partial charge on any atom is -0.270 e. The van der Waals surface area contributed by atoms with Crippen molar-refractivity contribution in [3.8, 4) is 0 Å². The van der Waals surface area contributed by atoms with E-state index in [2.05, 4.69) is 67.6 Å². The lowest BCUT2D eigenvalue weighted by Crippen LogP contribution is -2.15. The molecule has 0 amide bonds. The zero-order chi connectivity index (χ0) is 13.1. The van der Waals surface area contributed by atoms with Crippen LogP contribution < -0.4 is 0 Å². The summed E-state index contributed by atoms with van der Waals surface area (Å²) in [5, 5.41) is 1.78. The molecule has 0 N–H and O–H groups in total. The van der Waals surface area contributed by atoms with Crippen molar-refractivity contribution in [2.24, 2.45) is 4.99 Å². The summed E-state index contributed by atoms with van der Waals surface area (Å²) in [6.45, 7) is 2.29. The minimum absolute atomic E-state index is 0.299. The molecule has 1 nitrogen and oxygen atoms in total. The SMILES string of the molecule is C[C@H]1C[C@H](c2ccccc2)N=C(c2ccccc2)S1. The van der Waals surface area contributed by atoms with Gasteiger partial charge in [0.1, 0.15) is 0 Å². The number of thioether (sulfide) groups is 1. The maximum Gasteiger partial charge on any atom is 0.0987 e. The van der Waals surface area contributed by atoms with Crippen molar-refractivity contribution in [2.75, 3.05) is 0 Å². The molecule has 0 aromatic heterocycles. The quantitative estimate of drug-likeness (QED) is 0.768. The van der Waals surface area contributed by atoms with Crippen LogP contribution in [0.25, 0.3) is 0 Å². The van der Waals surface area contributed by atoms with Crippen molar-refractivity contribution in [1.82, 2.24) is 0 Å². The zero-order valence-electron chi connectivity index (χ0n) is 11.0. The summed E-state index contributed by atoms with van der Waals surface area (Å²) in [6, 6.07) is 21.4. The molecule has 0 unspecified atom stereocenters. The van der Waals surface area contributed by atoms with Gasteiger partial charge >= 0.3 is 0 Å². The van der Waals surface area contributed by atoms with E-state index < -0.39 is 0 Å². The lowest BCUT2D eigenvalue weighted by molar-refractivity contribution is 0.647. The molecule has 0 bridgehead atoms. The molecule has 1 aliphatic rings. The smallest absolute Gasteiger partial charge is 0.0987 e. The average molecular weight is 267 g/mol. The Hall–Kier alpha value is -1.54. The maximum atomic E-state index is 4.95. The zero-order valence-corrected chi connectivity index (χ0v) is 11.8. The minimum atomic E-state index is 0.299. The third-order valence-electron chi connectivity index (χ3n) is 3.35. The molecule has 0 aliphatic carbocycles. The molecule has 19 heavy (non-hydrogen) atoms. The highest BCUT2D eigenvalue weighted by Gasteiger charge is 2.23. The van der Waals surface area contributed by atoms with Gasteiger partial charge in [-0.05, 0) is 12.0 Å². The largest absolute Gasteiger partial charge is 0.270 e. The fourth-order valence-electron chi connectivity index (χ4n) is 2.39. The summed E-state index contributed by atoms with van der Waals surface area (Å²) in [5.74, 6) is 0. The first-order valence-corrected chi connectivity index (χ1v) is 7.56. The van der Waals surface area contributed by atoms with Crippen molar-refractivity contribution >= 4 is 16.8 Å². The Morgan fingerprint density at radius 1 is 0.947 bits per heavy atom. The van der Waals surface area contributed by atoms with E-state index in [0.717, 1.165) is 6.42 Å². The van der Waals surface area contributed by atoms with Gasteiger partial charge in [0, 0.05) is 10.8 Å². The van der Waals surface area contributed by atoms with Crippen LogP contribution in [0.2, 0.25) is 0 Å². The number of aliphatic imine (C=N–C) groups is 1. The van der Waals surface area contributed by atoms with E-state index in [1.54, 1.807) is 0 Å². The topological polar surface area (TPSA) is 12.4 Å². The van der Waals surface area contributed by atoms with Crippen LogP contribution >= 0.6 is 11.8 Å². The first-order chi connectivity index (χ1) is 9.33. The highest BCUT2D eigenvalue weighted by Crippen LogP contribution is 2.36. The van der Waals surface area contributed by atoms with Crippen LogP contribution in [0.15, 0.2) is 65.7 Å². The van der Waals surface area contributed by atoms with Crippen LogP contribution in [0.5, 0.6) is 0 Å². The average Bonchev–Trinajstić information content (AvgIpc) is 2.48. The van der Waals surface area contributed by atoms with Gasteiger partial charge in [-0.15, -0.1) is 11.8 Å². The van der Waals surface area contributed by atoms with Gasteiger partial charge in [-0.2, -0.15) is 0 Å². The van der Waals surface area contributed by atoms with Gasteiger partial charge in [-0.25, -0.2) is 0 Å². The normalized spacial score (nSPS) is 22.9. The van der Waals surface area contributed by atoms with Gasteiger partial charge in [0.25, 0.3) is 0 Å². The van der Waals surface area contributed by atoms with E-state index in [9.17, 15) is 0 Å². The lowest BCUT2D eigenvalue weighted by Gasteiger charge is -2.25. The van der Waals surface area contributed by atoms with Crippen molar-refractivity contribution in [1.29, 1.82) is 0 Å². The first-order valence-electron chi connectivity index (χ1n) is 6.68. The monoisotopic (exact) mass is 267 g/mol. The van der Waals surface area contributed by atoms with Crippen LogP contribution in [-0.4, -0.2) is 10.3 Å². The number of hydrogen-bond donors (Lipinski definition) is 0. The van der Waals surface area contributed by atoms with Gasteiger partial charge < -0.3 is 0 Å². The van der Waals surface area contributed by atoms with Crippen molar-refractivity contribution in [3.05, 3.63) is 71.8 Å². The maximum absolute atomic E-state index is 4.95. The molecule has 0 saturated carbocycles. The van der Waals surface area contributed by atoms with Gasteiger partial charge in [0.05, 0.1) is 11.1 Å². The highest BCUT2D eigenvalue weighted by atomic mass is 32.2. The van der Waals surface area contributed by atoms with Gasteiger partial charge in [0.15, 0.2) is 0 Å². The summed E-state index contributed by atoms with van der Waals surface area (Å²) in [4.78, 5) is 4.95. The Bertz CT molecular complexity index is 562. The summed E-state index contributed by atoms with van der Waals surface area (Å²) < 4.78 is 0. The Kier molecular flexibility index (Phi) is 3.69. The molecule has 0 radical (unpaired) electrons. The second kappa shape index (κ2) is 5.62. The summed E-state index contributed by atoms with van der Waals surface area (Å²) in [7, 11) is 0. The summed E-state index contributed by atoms with van der Waals surface area (Å²) >= 11 is 1.89. The first kappa shape index (κ1) is 12.5. The van der Waals surface area contributed by atoms with E-state index in [1.807, 2.05) is 11.8 Å². The Morgan fingerprint density at radius 2 is 1.58 bits per heavy atom. The van der Waals surface area contributed by atoms with Crippen LogP contribution in [0.3, 0.4) is 0 Å². The fourth-order valence-corrected chi connectivity index (χ4v) is 3.51. The number of nitrogens with zero attached hydrogens (tertiary/aromatic N) is 1. The number of hydrogen-bond acceptors (Lipinski definition) is 2. The van der Waals surface area contributed by atoms with E-state index in [-0.39, 0.29) is 0 Å². The van der Waals surface area contributed by atoms with E-state index in [1.165, 1.54) is 16.2 Å². The predicted molar refractivity (Wildman–Crippen MR) is 83.8 cm³/mol. The molecule has 2 aromatic carbocycles. The molecular formula is C17H17NS.